The summed E-state index contributed by atoms with van der Waals surface area (Å²) in [6, 6.07) is 0.387. The Balaban J connectivity index is 2.89. The predicted molar refractivity (Wildman–Crippen MR) is 64.8 cm³/mol. The largest absolute Gasteiger partial charge is 0.503 e. The van der Waals surface area contributed by atoms with Crippen molar-refractivity contribution in [3.05, 3.63) is 29.1 Å². The van der Waals surface area contributed by atoms with Gasteiger partial charge in [-0.05, 0) is 12.0 Å². The molecule has 0 radical (unpaired) electrons. The normalized spacial score (nSPS) is 12.6. The molecular formula is C12H13ClF3NO2. The minimum atomic E-state index is -1.73. The van der Waals surface area contributed by atoms with E-state index in [2.05, 4.69) is 5.32 Å². The van der Waals surface area contributed by atoms with E-state index in [4.69, 9.17) is 16.7 Å². The first-order valence-electron chi connectivity index (χ1n) is 5.54. The van der Waals surface area contributed by atoms with Gasteiger partial charge in [0.25, 0.3) is 5.91 Å². The molecule has 106 valence electrons. The monoisotopic (exact) mass is 295 g/mol. The van der Waals surface area contributed by atoms with Crippen molar-refractivity contribution in [2.75, 3.05) is 6.54 Å². The maximum absolute atomic E-state index is 13.4. The van der Waals surface area contributed by atoms with Crippen molar-refractivity contribution < 1.29 is 23.1 Å². The molecule has 1 amide bonds. The van der Waals surface area contributed by atoms with Gasteiger partial charge in [0.15, 0.2) is 17.4 Å². The van der Waals surface area contributed by atoms with Crippen LogP contribution in [0.3, 0.4) is 0 Å². The summed E-state index contributed by atoms with van der Waals surface area (Å²) in [6.45, 7) is 3.69. The highest BCUT2D eigenvalue weighted by Crippen LogP contribution is 2.25. The molecule has 7 heteroatoms. The smallest absolute Gasteiger partial charge is 0.254 e. The second kappa shape index (κ2) is 6.14. The van der Waals surface area contributed by atoms with E-state index in [-0.39, 0.29) is 17.8 Å². The van der Waals surface area contributed by atoms with Crippen LogP contribution in [0.2, 0.25) is 0 Å². The number of hydrogen-bond acceptors (Lipinski definition) is 2. The summed E-state index contributed by atoms with van der Waals surface area (Å²) in [5.41, 5.74) is -0.774. The molecule has 0 fully saturated rings. The van der Waals surface area contributed by atoms with Crippen LogP contribution in [0.25, 0.3) is 0 Å². The maximum atomic E-state index is 13.4. The zero-order chi connectivity index (χ0) is 14.7. The second-order valence-electron chi connectivity index (χ2n) is 4.35. The summed E-state index contributed by atoms with van der Waals surface area (Å²) < 4.78 is 39.3. The molecule has 1 atom stereocenters. The number of rotatable bonds is 4. The summed E-state index contributed by atoms with van der Waals surface area (Å²) >= 11 is 5.88. The van der Waals surface area contributed by atoms with Gasteiger partial charge >= 0.3 is 0 Å². The van der Waals surface area contributed by atoms with Gasteiger partial charge in [0.2, 0.25) is 5.82 Å². The standard InChI is InChI=1S/C12H13ClF3NO2/c1-5(2)7(13)4-17-12(19)6-3-8(14)10(16)11(18)9(6)15/h3,5,7,18H,4H2,1-2H3,(H,17,19). The van der Waals surface area contributed by atoms with E-state index in [9.17, 15) is 18.0 Å². The molecule has 0 bridgehead atoms. The lowest BCUT2D eigenvalue weighted by Gasteiger charge is -2.14. The summed E-state index contributed by atoms with van der Waals surface area (Å²) in [4.78, 5) is 11.6. The van der Waals surface area contributed by atoms with Gasteiger partial charge in [-0.1, -0.05) is 13.8 Å². The predicted octanol–water partition coefficient (Wildman–Crippen LogP) is 2.80. The Labute approximate surface area is 113 Å². The number of nitrogens with one attached hydrogen (secondary N) is 1. The fourth-order valence-electron chi connectivity index (χ4n) is 1.28. The molecule has 0 aliphatic rings. The van der Waals surface area contributed by atoms with Gasteiger partial charge < -0.3 is 10.4 Å². The molecular weight excluding hydrogens is 283 g/mol. The fraction of sp³-hybridized carbons (Fsp3) is 0.417. The van der Waals surface area contributed by atoms with Crippen LogP contribution in [0.1, 0.15) is 24.2 Å². The van der Waals surface area contributed by atoms with E-state index >= 15 is 0 Å². The number of aromatic hydroxyl groups is 1. The first-order chi connectivity index (χ1) is 8.75. The Bertz CT molecular complexity index is 494. The molecule has 0 saturated heterocycles. The maximum Gasteiger partial charge on any atom is 0.254 e. The second-order valence-corrected chi connectivity index (χ2v) is 4.91. The number of alkyl halides is 1. The van der Waals surface area contributed by atoms with Gasteiger partial charge in [-0.15, -0.1) is 11.6 Å². The van der Waals surface area contributed by atoms with Crippen LogP contribution < -0.4 is 5.32 Å². The van der Waals surface area contributed by atoms with Gasteiger partial charge in [0, 0.05) is 6.54 Å². The topological polar surface area (TPSA) is 49.3 Å². The van der Waals surface area contributed by atoms with Crippen LogP contribution in [-0.2, 0) is 0 Å². The summed E-state index contributed by atoms with van der Waals surface area (Å²) in [6.07, 6.45) is 0. The van der Waals surface area contributed by atoms with E-state index in [0.717, 1.165) is 0 Å². The first-order valence-corrected chi connectivity index (χ1v) is 5.98. The van der Waals surface area contributed by atoms with Crippen LogP contribution in [0.4, 0.5) is 13.2 Å². The van der Waals surface area contributed by atoms with Crippen LogP contribution in [-0.4, -0.2) is 22.9 Å². The molecule has 1 unspecified atom stereocenters. The van der Waals surface area contributed by atoms with E-state index in [0.29, 0.717) is 6.07 Å². The van der Waals surface area contributed by atoms with Crippen molar-refractivity contribution >= 4 is 17.5 Å². The van der Waals surface area contributed by atoms with Crippen molar-refractivity contribution in [3.63, 3.8) is 0 Å². The Morgan fingerprint density at radius 1 is 1.37 bits per heavy atom. The van der Waals surface area contributed by atoms with Gasteiger partial charge in [0.1, 0.15) is 0 Å². The molecule has 0 spiro atoms. The lowest BCUT2D eigenvalue weighted by atomic mass is 10.1. The van der Waals surface area contributed by atoms with Gasteiger partial charge in [0.05, 0.1) is 10.9 Å². The molecule has 1 rings (SSSR count). The number of halogens is 4. The highest BCUT2D eigenvalue weighted by molar-refractivity contribution is 6.21. The quantitative estimate of drug-likeness (QED) is 0.663. The van der Waals surface area contributed by atoms with E-state index in [1.165, 1.54) is 0 Å². The van der Waals surface area contributed by atoms with Crippen molar-refractivity contribution in [2.24, 2.45) is 5.92 Å². The third-order valence-corrected chi connectivity index (χ3v) is 3.22. The molecule has 0 aliphatic carbocycles. The van der Waals surface area contributed by atoms with E-state index in [1.807, 2.05) is 13.8 Å². The molecule has 1 aromatic rings. The molecule has 2 N–H and O–H groups in total. The van der Waals surface area contributed by atoms with Crippen molar-refractivity contribution in [1.82, 2.24) is 5.32 Å². The van der Waals surface area contributed by atoms with Crippen LogP contribution >= 0.6 is 11.6 Å². The number of benzene rings is 1. The van der Waals surface area contributed by atoms with Crippen molar-refractivity contribution in [3.8, 4) is 5.75 Å². The average Bonchev–Trinajstić information content (AvgIpc) is 2.37. The summed E-state index contributed by atoms with van der Waals surface area (Å²) in [5, 5.41) is 10.9. The molecule has 3 nitrogen and oxygen atoms in total. The van der Waals surface area contributed by atoms with Gasteiger partial charge in [-0.2, -0.15) is 4.39 Å². The number of carbonyl (C=O) groups is 1. The number of carbonyl (C=O) groups excluding carboxylic acids is 1. The number of hydrogen-bond donors (Lipinski definition) is 2. The molecule has 0 saturated carbocycles. The first kappa shape index (κ1) is 15.6. The Kier molecular flexibility index (Phi) is 5.05. The average molecular weight is 296 g/mol. The van der Waals surface area contributed by atoms with Gasteiger partial charge in [-0.3, -0.25) is 4.79 Å². The SMILES string of the molecule is CC(C)C(Cl)CNC(=O)c1cc(F)c(F)c(O)c1F. The fourth-order valence-corrected chi connectivity index (χ4v) is 1.35. The third-order valence-electron chi connectivity index (χ3n) is 2.56. The van der Waals surface area contributed by atoms with E-state index in [1.54, 1.807) is 0 Å². The molecule has 0 aromatic heterocycles. The molecule has 0 aliphatic heterocycles. The Hall–Kier alpha value is -1.43. The van der Waals surface area contributed by atoms with E-state index < -0.39 is 34.7 Å². The zero-order valence-electron chi connectivity index (χ0n) is 10.3. The van der Waals surface area contributed by atoms with Crippen molar-refractivity contribution in [1.29, 1.82) is 0 Å². The number of phenolic OH excluding ortho intramolecular Hbond substituents is 1. The number of amides is 1. The Morgan fingerprint density at radius 2 is 1.95 bits per heavy atom. The summed E-state index contributed by atoms with van der Waals surface area (Å²) in [7, 11) is 0. The minimum absolute atomic E-state index is 0.0389. The lowest BCUT2D eigenvalue weighted by Crippen LogP contribution is -2.32. The molecule has 19 heavy (non-hydrogen) atoms. The van der Waals surface area contributed by atoms with Crippen molar-refractivity contribution in [2.45, 2.75) is 19.2 Å². The molecule has 1 aromatic carbocycles. The van der Waals surface area contributed by atoms with Crippen LogP contribution in [0.15, 0.2) is 6.07 Å². The Morgan fingerprint density at radius 3 is 2.47 bits per heavy atom. The minimum Gasteiger partial charge on any atom is -0.503 e. The van der Waals surface area contributed by atoms with Gasteiger partial charge in [-0.25, -0.2) is 8.78 Å². The number of phenols is 1. The highest BCUT2D eigenvalue weighted by atomic mass is 35.5. The molecule has 0 heterocycles. The summed E-state index contributed by atoms with van der Waals surface area (Å²) in [5.74, 6) is -7.16. The highest BCUT2D eigenvalue weighted by Gasteiger charge is 2.23. The lowest BCUT2D eigenvalue weighted by molar-refractivity contribution is 0.0946. The van der Waals surface area contributed by atoms with Crippen LogP contribution in [0, 0.1) is 23.4 Å². The van der Waals surface area contributed by atoms with Crippen LogP contribution in [0.5, 0.6) is 5.75 Å². The third kappa shape index (κ3) is 3.53. The zero-order valence-corrected chi connectivity index (χ0v) is 11.1.